The van der Waals surface area contributed by atoms with E-state index in [-0.39, 0.29) is 10.8 Å². The number of benzene rings is 2. The Balaban J connectivity index is 1.63. The second kappa shape index (κ2) is 12.0. The molecule has 1 aliphatic rings. The monoisotopic (exact) mass is 542 g/mol. The fraction of sp³-hybridized carbons (Fsp3) is 0.500. The zero-order chi connectivity index (χ0) is 26.6. The van der Waals surface area contributed by atoms with Crippen molar-refractivity contribution in [3.8, 4) is 0 Å². The zero-order valence-corrected chi connectivity index (χ0v) is 24.0. The van der Waals surface area contributed by atoms with Crippen LogP contribution in [0.3, 0.4) is 0 Å². The van der Waals surface area contributed by atoms with E-state index >= 15 is 0 Å². The second-order valence-electron chi connectivity index (χ2n) is 9.75. The van der Waals surface area contributed by atoms with Gasteiger partial charge in [0, 0.05) is 31.7 Å². The lowest BCUT2D eigenvalue weighted by atomic mass is 10.1. The van der Waals surface area contributed by atoms with Gasteiger partial charge in [0.1, 0.15) is 0 Å². The third-order valence-electron chi connectivity index (χ3n) is 7.13. The number of hydrogen-bond acceptors (Lipinski definition) is 6. The van der Waals surface area contributed by atoms with E-state index in [0.717, 1.165) is 61.1 Å². The number of nitrogens with zero attached hydrogens (tertiary/aromatic N) is 4. The minimum Gasteiger partial charge on any atom is -0.302 e. The highest BCUT2D eigenvalue weighted by Crippen LogP contribution is 2.32. The van der Waals surface area contributed by atoms with E-state index < -0.39 is 10.0 Å². The van der Waals surface area contributed by atoms with Crippen LogP contribution in [0.25, 0.3) is 10.2 Å². The second-order valence-corrected chi connectivity index (χ2v) is 12.7. The van der Waals surface area contributed by atoms with Crippen molar-refractivity contribution in [3.63, 3.8) is 0 Å². The first-order chi connectivity index (χ1) is 17.7. The normalized spacial score (nSPS) is 15.3. The highest BCUT2D eigenvalue weighted by Gasteiger charge is 2.27. The molecule has 37 heavy (non-hydrogen) atoms. The van der Waals surface area contributed by atoms with Crippen LogP contribution in [-0.2, 0) is 10.0 Å². The minimum atomic E-state index is -3.56. The standard InChI is InChI=1S/C28H38N4O3S2/c1-5-30(6-2)17-18-32(28-29-26-22(4)19-21(3)20-25(26)36-28)27(33)23-11-13-24(14-12-23)37(34,35)31-15-9-7-8-10-16-31/h11-14,19-20H,5-10,15-18H2,1-4H3. The van der Waals surface area contributed by atoms with Crippen molar-refractivity contribution in [2.45, 2.75) is 58.3 Å². The fourth-order valence-electron chi connectivity index (χ4n) is 4.90. The Kier molecular flexibility index (Phi) is 9.00. The predicted molar refractivity (Wildman–Crippen MR) is 152 cm³/mol. The summed E-state index contributed by atoms with van der Waals surface area (Å²) in [6, 6.07) is 10.6. The van der Waals surface area contributed by atoms with Crippen LogP contribution in [-0.4, -0.2) is 67.8 Å². The van der Waals surface area contributed by atoms with E-state index in [9.17, 15) is 13.2 Å². The summed E-state index contributed by atoms with van der Waals surface area (Å²) in [4.78, 5) is 22.9. The molecule has 0 spiro atoms. The average molecular weight is 543 g/mol. The largest absolute Gasteiger partial charge is 0.302 e. The Hall–Kier alpha value is -2.33. The van der Waals surface area contributed by atoms with Gasteiger partial charge in [0.25, 0.3) is 5.91 Å². The Morgan fingerprint density at radius 3 is 2.24 bits per heavy atom. The molecule has 0 saturated carbocycles. The number of hydrogen-bond donors (Lipinski definition) is 0. The van der Waals surface area contributed by atoms with Crippen LogP contribution in [0.4, 0.5) is 5.13 Å². The molecule has 0 atom stereocenters. The van der Waals surface area contributed by atoms with Gasteiger partial charge < -0.3 is 4.90 Å². The molecule has 0 aliphatic carbocycles. The highest BCUT2D eigenvalue weighted by molar-refractivity contribution is 7.89. The zero-order valence-electron chi connectivity index (χ0n) is 22.4. The first-order valence-electron chi connectivity index (χ1n) is 13.3. The summed E-state index contributed by atoms with van der Waals surface area (Å²) >= 11 is 1.52. The molecule has 1 amide bonds. The van der Waals surface area contributed by atoms with Crippen molar-refractivity contribution in [2.75, 3.05) is 44.2 Å². The lowest BCUT2D eigenvalue weighted by molar-refractivity contribution is 0.0983. The van der Waals surface area contributed by atoms with Crippen molar-refractivity contribution >= 4 is 42.6 Å². The molecular formula is C28H38N4O3S2. The molecule has 1 saturated heterocycles. The maximum Gasteiger partial charge on any atom is 0.260 e. The van der Waals surface area contributed by atoms with Crippen LogP contribution in [0, 0.1) is 13.8 Å². The molecule has 0 unspecified atom stereocenters. The van der Waals surface area contributed by atoms with Gasteiger partial charge in [-0.25, -0.2) is 13.4 Å². The molecular weight excluding hydrogens is 504 g/mol. The molecule has 2 heterocycles. The van der Waals surface area contributed by atoms with Gasteiger partial charge in [0.15, 0.2) is 5.13 Å². The molecule has 0 N–H and O–H groups in total. The number of sulfonamides is 1. The molecule has 2 aromatic carbocycles. The van der Waals surface area contributed by atoms with Crippen molar-refractivity contribution in [1.82, 2.24) is 14.2 Å². The van der Waals surface area contributed by atoms with Crippen LogP contribution in [0.2, 0.25) is 0 Å². The fourth-order valence-corrected chi connectivity index (χ4v) is 7.58. The van der Waals surface area contributed by atoms with Crippen LogP contribution in [0.5, 0.6) is 0 Å². The molecule has 3 aromatic rings. The molecule has 0 radical (unpaired) electrons. The number of likely N-dealkylation sites (N-methyl/N-ethyl adjacent to an activating group) is 1. The topological polar surface area (TPSA) is 73.8 Å². The van der Waals surface area contributed by atoms with Gasteiger partial charge >= 0.3 is 0 Å². The van der Waals surface area contributed by atoms with E-state index in [1.165, 1.54) is 16.9 Å². The number of carbonyl (C=O) groups is 1. The number of carbonyl (C=O) groups excluding carboxylic acids is 1. The summed E-state index contributed by atoms with van der Waals surface area (Å²) in [6.07, 6.45) is 3.90. The Labute approximate surface area is 225 Å². The van der Waals surface area contributed by atoms with Crippen molar-refractivity contribution in [1.29, 1.82) is 0 Å². The molecule has 4 rings (SSSR count). The molecule has 1 aliphatic heterocycles. The number of fused-ring (bicyclic) bond motifs is 1. The number of anilines is 1. The maximum absolute atomic E-state index is 13.8. The summed E-state index contributed by atoms with van der Waals surface area (Å²) in [5, 5.41) is 0.669. The Bertz CT molecular complexity index is 1320. The number of thiazole rings is 1. The van der Waals surface area contributed by atoms with E-state index in [0.29, 0.717) is 30.3 Å². The molecule has 7 nitrogen and oxygen atoms in total. The summed E-state index contributed by atoms with van der Waals surface area (Å²) in [5.74, 6) is -0.167. The maximum atomic E-state index is 13.8. The number of aryl methyl sites for hydroxylation is 2. The van der Waals surface area contributed by atoms with Crippen molar-refractivity contribution < 1.29 is 13.2 Å². The molecule has 9 heteroatoms. The summed E-state index contributed by atoms with van der Waals surface area (Å²) in [6.45, 7) is 12.5. The van der Waals surface area contributed by atoms with Gasteiger partial charge in [-0.1, -0.05) is 44.1 Å². The third-order valence-corrected chi connectivity index (χ3v) is 10.1. The van der Waals surface area contributed by atoms with Crippen LogP contribution in [0.15, 0.2) is 41.3 Å². The number of rotatable bonds is 9. The Morgan fingerprint density at radius 2 is 1.62 bits per heavy atom. The molecule has 0 bridgehead atoms. The highest BCUT2D eigenvalue weighted by atomic mass is 32.2. The van der Waals surface area contributed by atoms with Crippen molar-refractivity contribution in [3.05, 3.63) is 53.1 Å². The molecule has 200 valence electrons. The lowest BCUT2D eigenvalue weighted by Gasteiger charge is -2.25. The summed E-state index contributed by atoms with van der Waals surface area (Å²) < 4.78 is 29.0. The van der Waals surface area contributed by atoms with E-state index in [2.05, 4.69) is 37.8 Å². The SMILES string of the molecule is CCN(CC)CCN(C(=O)c1ccc(S(=O)(=O)N2CCCCCC2)cc1)c1nc2c(C)cc(C)cc2s1. The quantitative estimate of drug-likeness (QED) is 0.359. The number of aromatic nitrogens is 1. The van der Waals surface area contributed by atoms with Crippen LogP contribution in [0.1, 0.15) is 61.0 Å². The van der Waals surface area contributed by atoms with Gasteiger partial charge in [-0.3, -0.25) is 9.69 Å². The Morgan fingerprint density at radius 1 is 0.973 bits per heavy atom. The van der Waals surface area contributed by atoms with Gasteiger partial charge in [0.2, 0.25) is 10.0 Å². The van der Waals surface area contributed by atoms with Gasteiger partial charge in [0.05, 0.1) is 15.1 Å². The molecule has 1 aromatic heterocycles. The smallest absolute Gasteiger partial charge is 0.260 e. The lowest BCUT2D eigenvalue weighted by Crippen LogP contribution is -2.39. The molecule has 1 fully saturated rings. The number of amides is 1. The minimum absolute atomic E-state index is 0.167. The summed E-state index contributed by atoms with van der Waals surface area (Å²) in [7, 11) is -3.56. The van der Waals surface area contributed by atoms with Gasteiger partial charge in [-0.05, 0) is 81.2 Å². The first-order valence-corrected chi connectivity index (χ1v) is 15.5. The van der Waals surface area contributed by atoms with Crippen LogP contribution >= 0.6 is 11.3 Å². The summed E-state index contributed by atoms with van der Waals surface area (Å²) in [5.41, 5.74) is 3.64. The van der Waals surface area contributed by atoms with E-state index in [4.69, 9.17) is 4.98 Å². The van der Waals surface area contributed by atoms with Gasteiger partial charge in [-0.15, -0.1) is 0 Å². The van der Waals surface area contributed by atoms with Crippen LogP contribution < -0.4 is 4.90 Å². The first kappa shape index (κ1) is 27.7. The average Bonchev–Trinajstić information content (AvgIpc) is 3.11. The van der Waals surface area contributed by atoms with E-state index in [1.807, 2.05) is 6.92 Å². The third kappa shape index (κ3) is 6.22. The predicted octanol–water partition coefficient (Wildman–Crippen LogP) is 5.47. The van der Waals surface area contributed by atoms with Crippen molar-refractivity contribution in [2.24, 2.45) is 0 Å². The van der Waals surface area contributed by atoms with E-state index in [1.54, 1.807) is 33.5 Å². The van der Waals surface area contributed by atoms with Gasteiger partial charge in [-0.2, -0.15) is 4.31 Å².